The molecule has 0 fully saturated rings. The second kappa shape index (κ2) is 6.33. The van der Waals surface area contributed by atoms with Crippen molar-refractivity contribution in [3.05, 3.63) is 69.8 Å². The quantitative estimate of drug-likeness (QED) is 0.799. The largest absolute Gasteiger partial charge is 0.485 e. The van der Waals surface area contributed by atoms with Gasteiger partial charge in [0.15, 0.2) is 0 Å². The zero-order chi connectivity index (χ0) is 17.4. The van der Waals surface area contributed by atoms with E-state index in [1.807, 2.05) is 36.4 Å². The summed E-state index contributed by atoms with van der Waals surface area (Å²) in [6, 6.07) is 13.1. The molecule has 0 spiro atoms. The Labute approximate surface area is 145 Å². The number of nitrogens with zero attached hydrogens (tertiary/aromatic N) is 2. The Morgan fingerprint density at radius 2 is 2.08 bits per heavy atom. The third-order valence-electron chi connectivity index (χ3n) is 4.87. The van der Waals surface area contributed by atoms with Gasteiger partial charge in [-0.2, -0.15) is 0 Å². The number of rotatable bonds is 3. The summed E-state index contributed by atoms with van der Waals surface area (Å²) >= 11 is 0. The third-order valence-corrected chi connectivity index (χ3v) is 4.87. The normalized spacial score (nSPS) is 16.6. The molecule has 1 aromatic heterocycles. The van der Waals surface area contributed by atoms with Crippen LogP contribution in [-0.4, -0.2) is 14.7 Å². The number of para-hydroxylation sites is 1. The van der Waals surface area contributed by atoms with Crippen LogP contribution in [0, 0.1) is 0 Å². The van der Waals surface area contributed by atoms with Gasteiger partial charge in [-0.1, -0.05) is 24.3 Å². The lowest BCUT2D eigenvalue weighted by atomic mass is 9.89. The van der Waals surface area contributed by atoms with Gasteiger partial charge in [-0.05, 0) is 48.6 Å². The lowest BCUT2D eigenvalue weighted by molar-refractivity contribution is 0.155. The highest BCUT2D eigenvalue weighted by Crippen LogP contribution is 2.35. The first-order valence-corrected chi connectivity index (χ1v) is 8.52. The zero-order valence-electron chi connectivity index (χ0n) is 14.1. The van der Waals surface area contributed by atoms with E-state index < -0.39 is 6.10 Å². The lowest BCUT2D eigenvalue weighted by Gasteiger charge is -2.23. The van der Waals surface area contributed by atoms with E-state index in [9.17, 15) is 9.90 Å². The average molecular weight is 336 g/mol. The van der Waals surface area contributed by atoms with E-state index in [0.29, 0.717) is 16.7 Å². The van der Waals surface area contributed by atoms with Crippen LogP contribution < -0.4 is 10.3 Å². The topological polar surface area (TPSA) is 64.3 Å². The number of aromatic nitrogens is 2. The highest BCUT2D eigenvalue weighted by atomic mass is 16.5. The molecule has 0 amide bonds. The van der Waals surface area contributed by atoms with Crippen molar-refractivity contribution < 1.29 is 9.84 Å². The van der Waals surface area contributed by atoms with Gasteiger partial charge in [-0.3, -0.25) is 9.36 Å². The molecule has 4 rings (SSSR count). The molecule has 0 saturated carbocycles. The molecule has 25 heavy (non-hydrogen) atoms. The van der Waals surface area contributed by atoms with Crippen molar-refractivity contribution in [1.29, 1.82) is 0 Å². The molecule has 1 atom stereocenters. The highest BCUT2D eigenvalue weighted by Gasteiger charge is 2.21. The Balaban J connectivity index is 1.67. The first kappa shape index (κ1) is 15.8. The summed E-state index contributed by atoms with van der Waals surface area (Å²) < 4.78 is 7.52. The van der Waals surface area contributed by atoms with Gasteiger partial charge in [0.1, 0.15) is 18.2 Å². The van der Waals surface area contributed by atoms with Gasteiger partial charge in [-0.15, -0.1) is 0 Å². The van der Waals surface area contributed by atoms with E-state index in [-0.39, 0.29) is 12.2 Å². The van der Waals surface area contributed by atoms with Crippen molar-refractivity contribution >= 4 is 10.9 Å². The minimum absolute atomic E-state index is 0.0743. The van der Waals surface area contributed by atoms with Crippen LogP contribution in [-0.2, 0) is 20.1 Å². The van der Waals surface area contributed by atoms with Gasteiger partial charge in [-0.25, -0.2) is 4.98 Å². The molecule has 0 saturated heterocycles. The second-order valence-corrected chi connectivity index (χ2v) is 6.43. The predicted molar refractivity (Wildman–Crippen MR) is 95.7 cm³/mol. The number of hydrogen-bond donors (Lipinski definition) is 1. The zero-order valence-corrected chi connectivity index (χ0v) is 14.1. The fourth-order valence-corrected chi connectivity index (χ4v) is 3.46. The molecule has 128 valence electrons. The molecular weight excluding hydrogens is 316 g/mol. The van der Waals surface area contributed by atoms with E-state index in [1.165, 1.54) is 4.57 Å². The van der Waals surface area contributed by atoms with Crippen LogP contribution in [0.5, 0.6) is 5.75 Å². The van der Waals surface area contributed by atoms with Gasteiger partial charge in [0.2, 0.25) is 0 Å². The van der Waals surface area contributed by atoms with Gasteiger partial charge < -0.3 is 9.84 Å². The summed E-state index contributed by atoms with van der Waals surface area (Å²) in [5.41, 5.74) is 2.61. The molecule has 1 aliphatic rings. The highest BCUT2D eigenvalue weighted by molar-refractivity contribution is 5.77. The van der Waals surface area contributed by atoms with Gasteiger partial charge in [0.05, 0.1) is 17.0 Å². The molecule has 1 heterocycles. The van der Waals surface area contributed by atoms with Crippen LogP contribution in [0.25, 0.3) is 10.9 Å². The standard InChI is InChI=1S/C20H20N2O3/c1-22-19(21-16-9-3-2-6-15(16)20(22)24)12-25-18-11-5-7-13-14(18)8-4-10-17(13)23/h2-3,5-7,9,11,17,23H,4,8,10,12H2,1H3/t17-/m1/s1. The summed E-state index contributed by atoms with van der Waals surface area (Å²) in [5.74, 6) is 1.34. The number of hydrogen-bond acceptors (Lipinski definition) is 4. The van der Waals surface area contributed by atoms with Crippen molar-refractivity contribution in [3.63, 3.8) is 0 Å². The van der Waals surface area contributed by atoms with Crippen LogP contribution in [0.1, 0.15) is 35.9 Å². The molecule has 0 unspecified atom stereocenters. The van der Waals surface area contributed by atoms with Crippen molar-refractivity contribution in [2.75, 3.05) is 0 Å². The molecule has 0 bridgehead atoms. The number of ether oxygens (including phenoxy) is 1. The van der Waals surface area contributed by atoms with Crippen molar-refractivity contribution in [1.82, 2.24) is 9.55 Å². The Kier molecular flexibility index (Phi) is 4.01. The minimum atomic E-state index is -0.421. The summed E-state index contributed by atoms with van der Waals surface area (Å²) in [6.07, 6.45) is 2.21. The summed E-state index contributed by atoms with van der Waals surface area (Å²) in [4.78, 5) is 17.0. The van der Waals surface area contributed by atoms with Crippen LogP contribution in [0.4, 0.5) is 0 Å². The van der Waals surface area contributed by atoms with Crippen molar-refractivity contribution in [2.45, 2.75) is 32.0 Å². The number of aliphatic hydroxyl groups excluding tert-OH is 1. The van der Waals surface area contributed by atoms with Gasteiger partial charge >= 0.3 is 0 Å². The van der Waals surface area contributed by atoms with Crippen LogP contribution >= 0.6 is 0 Å². The van der Waals surface area contributed by atoms with E-state index in [1.54, 1.807) is 13.1 Å². The molecule has 1 N–H and O–H groups in total. The Hall–Kier alpha value is -2.66. The van der Waals surface area contributed by atoms with Crippen molar-refractivity contribution in [3.8, 4) is 5.75 Å². The minimum Gasteiger partial charge on any atom is -0.485 e. The maximum atomic E-state index is 12.5. The maximum absolute atomic E-state index is 12.5. The summed E-state index contributed by atoms with van der Waals surface area (Å²) in [6.45, 7) is 0.211. The van der Waals surface area contributed by atoms with E-state index in [4.69, 9.17) is 4.74 Å². The lowest BCUT2D eigenvalue weighted by Crippen LogP contribution is -2.23. The SMILES string of the molecule is Cn1c(COc2cccc3c2CCC[C@H]3O)nc2ccccc2c1=O. The summed E-state index contributed by atoms with van der Waals surface area (Å²) in [5, 5.41) is 10.8. The number of aliphatic hydroxyl groups is 1. The van der Waals surface area contributed by atoms with Crippen LogP contribution in [0.2, 0.25) is 0 Å². The molecule has 1 aliphatic carbocycles. The third kappa shape index (κ3) is 2.81. The summed E-state index contributed by atoms with van der Waals surface area (Å²) in [7, 11) is 1.71. The van der Waals surface area contributed by atoms with Crippen molar-refractivity contribution in [2.24, 2.45) is 7.05 Å². The molecule has 2 aromatic carbocycles. The fraction of sp³-hybridized carbons (Fsp3) is 0.300. The van der Waals surface area contributed by atoms with E-state index in [0.717, 1.165) is 36.1 Å². The first-order chi connectivity index (χ1) is 12.1. The molecule has 0 radical (unpaired) electrons. The molecule has 0 aliphatic heterocycles. The number of benzene rings is 2. The number of fused-ring (bicyclic) bond motifs is 2. The second-order valence-electron chi connectivity index (χ2n) is 6.43. The Bertz CT molecular complexity index is 994. The maximum Gasteiger partial charge on any atom is 0.261 e. The molecule has 5 nitrogen and oxygen atoms in total. The smallest absolute Gasteiger partial charge is 0.261 e. The average Bonchev–Trinajstić information content (AvgIpc) is 2.64. The predicted octanol–water partition coefficient (Wildman–Crippen LogP) is 2.88. The Morgan fingerprint density at radius 3 is 2.96 bits per heavy atom. The monoisotopic (exact) mass is 336 g/mol. The van der Waals surface area contributed by atoms with Crippen LogP contribution in [0.15, 0.2) is 47.3 Å². The van der Waals surface area contributed by atoms with Gasteiger partial charge in [0.25, 0.3) is 5.56 Å². The first-order valence-electron chi connectivity index (χ1n) is 8.52. The molecule has 3 aromatic rings. The van der Waals surface area contributed by atoms with Gasteiger partial charge in [0, 0.05) is 7.05 Å². The molecular formula is C20H20N2O3. The van der Waals surface area contributed by atoms with E-state index in [2.05, 4.69) is 4.98 Å². The molecule has 5 heteroatoms. The van der Waals surface area contributed by atoms with Crippen LogP contribution in [0.3, 0.4) is 0 Å². The van der Waals surface area contributed by atoms with E-state index >= 15 is 0 Å². The fourth-order valence-electron chi connectivity index (χ4n) is 3.46. The Morgan fingerprint density at radius 1 is 1.24 bits per heavy atom.